The van der Waals surface area contributed by atoms with E-state index in [1.165, 1.54) is 10.7 Å². The molecule has 1 amide bonds. The molecule has 2 N–H and O–H groups in total. The number of aromatic carboxylic acids is 1. The molecule has 0 radical (unpaired) electrons. The van der Waals surface area contributed by atoms with Gasteiger partial charge < -0.3 is 19.7 Å². The summed E-state index contributed by atoms with van der Waals surface area (Å²) in [5, 5.41) is 26.0. The minimum atomic E-state index is -1.21. The number of rotatable bonds is 8. The van der Waals surface area contributed by atoms with Gasteiger partial charge in [0.15, 0.2) is 11.5 Å². The van der Waals surface area contributed by atoms with Crippen molar-refractivity contribution in [1.29, 1.82) is 0 Å². The summed E-state index contributed by atoms with van der Waals surface area (Å²) >= 11 is 6.10. The van der Waals surface area contributed by atoms with Crippen LogP contribution in [-0.4, -0.2) is 37.1 Å². The van der Waals surface area contributed by atoms with E-state index in [1.807, 2.05) is 42.5 Å². The van der Waals surface area contributed by atoms with E-state index < -0.39 is 5.97 Å². The number of aromatic nitrogens is 4. The first-order valence-electron chi connectivity index (χ1n) is 10.8. The Kier molecular flexibility index (Phi) is 6.33. The fourth-order valence-electron chi connectivity index (χ4n) is 3.63. The molecule has 3 aromatic carbocycles. The number of benzene rings is 3. The number of fused-ring (bicyclic) bond motifs is 1. The molecule has 0 spiro atoms. The third kappa shape index (κ3) is 5.03. The van der Waals surface area contributed by atoms with Gasteiger partial charge in [-0.25, -0.2) is 9.48 Å². The Bertz CT molecular complexity index is 1570. The molecule has 36 heavy (non-hydrogen) atoms. The molecule has 0 saturated heterocycles. The molecular weight excluding hydrogens is 486 g/mol. The lowest BCUT2D eigenvalue weighted by atomic mass is 10.1. The summed E-state index contributed by atoms with van der Waals surface area (Å²) in [6.45, 7) is 0.0119. The van der Waals surface area contributed by atoms with Crippen LogP contribution >= 0.6 is 11.6 Å². The van der Waals surface area contributed by atoms with Crippen molar-refractivity contribution in [3.8, 4) is 17.1 Å². The fourth-order valence-corrected chi connectivity index (χ4v) is 3.80. The van der Waals surface area contributed by atoms with Gasteiger partial charge in [0.25, 0.3) is 0 Å². The first-order chi connectivity index (χ1) is 17.5. The van der Waals surface area contributed by atoms with Crippen LogP contribution in [0.1, 0.15) is 16.2 Å². The summed E-state index contributed by atoms with van der Waals surface area (Å²) in [6, 6.07) is 19.6. The molecular formula is C25H18ClN5O5. The van der Waals surface area contributed by atoms with Crippen LogP contribution in [0.3, 0.4) is 0 Å². The number of amides is 1. The van der Waals surface area contributed by atoms with E-state index >= 15 is 0 Å². The van der Waals surface area contributed by atoms with Crippen molar-refractivity contribution < 1.29 is 24.0 Å². The van der Waals surface area contributed by atoms with Crippen molar-refractivity contribution in [2.45, 2.75) is 13.2 Å². The summed E-state index contributed by atoms with van der Waals surface area (Å²) in [4.78, 5) is 23.7. The Morgan fingerprint density at radius 1 is 1.08 bits per heavy atom. The van der Waals surface area contributed by atoms with E-state index in [-0.39, 0.29) is 30.5 Å². The monoisotopic (exact) mass is 503 g/mol. The molecule has 5 aromatic rings. The number of carboxylic acids is 1. The van der Waals surface area contributed by atoms with Gasteiger partial charge in [0.2, 0.25) is 5.91 Å². The highest BCUT2D eigenvalue weighted by Crippen LogP contribution is 2.33. The maximum atomic E-state index is 12.6. The number of halogens is 1. The van der Waals surface area contributed by atoms with Crippen molar-refractivity contribution in [2.75, 3.05) is 5.32 Å². The molecule has 11 heteroatoms. The topological polar surface area (TPSA) is 132 Å². The lowest BCUT2D eigenvalue weighted by Gasteiger charge is -2.09. The van der Waals surface area contributed by atoms with Gasteiger partial charge in [-0.3, -0.25) is 4.79 Å². The zero-order chi connectivity index (χ0) is 25.1. The lowest BCUT2D eigenvalue weighted by Crippen LogP contribution is -2.19. The van der Waals surface area contributed by atoms with E-state index in [1.54, 1.807) is 24.4 Å². The number of nitrogens with one attached hydrogen (secondary N) is 1. The van der Waals surface area contributed by atoms with Crippen LogP contribution in [0, 0.1) is 0 Å². The van der Waals surface area contributed by atoms with Crippen molar-refractivity contribution in [1.82, 2.24) is 20.2 Å². The van der Waals surface area contributed by atoms with Crippen molar-refractivity contribution >= 4 is 39.9 Å². The highest BCUT2D eigenvalue weighted by Gasteiger charge is 2.17. The smallest absolute Gasteiger partial charge is 0.358 e. The van der Waals surface area contributed by atoms with E-state index in [0.29, 0.717) is 22.0 Å². The second-order valence-corrected chi connectivity index (χ2v) is 8.23. The van der Waals surface area contributed by atoms with E-state index in [0.717, 1.165) is 16.5 Å². The predicted molar refractivity (Wildman–Crippen MR) is 131 cm³/mol. The molecule has 0 unspecified atom stereocenters. The van der Waals surface area contributed by atoms with Gasteiger partial charge in [-0.2, -0.15) is 0 Å². The summed E-state index contributed by atoms with van der Waals surface area (Å²) in [5.41, 5.74) is 1.40. The Balaban J connectivity index is 1.25. The maximum absolute atomic E-state index is 12.6. The molecule has 0 aliphatic heterocycles. The number of nitrogens with zero attached hydrogens (tertiary/aromatic N) is 4. The zero-order valence-corrected chi connectivity index (χ0v) is 19.3. The van der Waals surface area contributed by atoms with Gasteiger partial charge in [-0.1, -0.05) is 58.4 Å². The Morgan fingerprint density at radius 2 is 1.92 bits per heavy atom. The van der Waals surface area contributed by atoms with Crippen molar-refractivity contribution in [3.63, 3.8) is 0 Å². The molecule has 2 heterocycles. The third-order valence-electron chi connectivity index (χ3n) is 5.27. The van der Waals surface area contributed by atoms with Gasteiger partial charge >= 0.3 is 5.97 Å². The van der Waals surface area contributed by atoms with Crippen molar-refractivity contribution in [2.24, 2.45) is 0 Å². The van der Waals surface area contributed by atoms with E-state index in [9.17, 15) is 9.59 Å². The normalized spacial score (nSPS) is 10.9. The molecule has 0 aliphatic rings. The summed E-state index contributed by atoms with van der Waals surface area (Å²) in [5.74, 6) is -0.881. The second kappa shape index (κ2) is 9.88. The maximum Gasteiger partial charge on any atom is 0.358 e. The molecule has 2 aromatic heterocycles. The highest BCUT2D eigenvalue weighted by molar-refractivity contribution is 6.31. The van der Waals surface area contributed by atoms with Crippen LogP contribution in [0.5, 0.6) is 5.75 Å². The van der Waals surface area contributed by atoms with Crippen LogP contribution in [0.4, 0.5) is 5.69 Å². The van der Waals surface area contributed by atoms with Crippen LogP contribution in [0.15, 0.2) is 77.4 Å². The van der Waals surface area contributed by atoms with Gasteiger partial charge in [0.1, 0.15) is 24.6 Å². The molecule has 0 atom stereocenters. The Morgan fingerprint density at radius 3 is 2.75 bits per heavy atom. The Labute approximate surface area is 209 Å². The van der Waals surface area contributed by atoms with Gasteiger partial charge in [0, 0.05) is 22.2 Å². The average Bonchev–Trinajstić information content (AvgIpc) is 3.53. The summed E-state index contributed by atoms with van der Waals surface area (Å²) < 4.78 is 12.4. The Hall–Kier alpha value is -4.70. The number of carbonyl (C=O) groups excluding carboxylic acids is 1. The van der Waals surface area contributed by atoms with Crippen LogP contribution < -0.4 is 10.1 Å². The van der Waals surface area contributed by atoms with Crippen LogP contribution in [-0.2, 0) is 17.9 Å². The minimum absolute atomic E-state index is 0.0293. The van der Waals surface area contributed by atoms with E-state index in [4.69, 9.17) is 26.0 Å². The van der Waals surface area contributed by atoms with Crippen molar-refractivity contribution in [3.05, 3.63) is 89.3 Å². The number of hydrogen-bond donors (Lipinski definition) is 2. The summed E-state index contributed by atoms with van der Waals surface area (Å²) in [7, 11) is 0. The molecule has 0 bridgehead atoms. The van der Waals surface area contributed by atoms with E-state index in [2.05, 4.69) is 20.8 Å². The molecule has 0 aliphatic carbocycles. The number of carbonyl (C=O) groups is 2. The lowest BCUT2D eigenvalue weighted by molar-refractivity contribution is -0.116. The van der Waals surface area contributed by atoms with Gasteiger partial charge in [0.05, 0.1) is 11.8 Å². The minimum Gasteiger partial charge on any atom is -0.486 e. The molecule has 0 saturated carbocycles. The third-order valence-corrected chi connectivity index (χ3v) is 5.50. The van der Waals surface area contributed by atoms with Crippen LogP contribution in [0.25, 0.3) is 22.1 Å². The largest absolute Gasteiger partial charge is 0.486 e. The molecule has 180 valence electrons. The number of carboxylic acid groups (broad SMARTS) is 1. The molecule has 10 nitrogen and oxygen atoms in total. The predicted octanol–water partition coefficient (Wildman–Crippen LogP) is 4.66. The molecule has 5 rings (SSSR count). The van der Waals surface area contributed by atoms with Crippen LogP contribution in [0.2, 0.25) is 5.02 Å². The number of anilines is 1. The van der Waals surface area contributed by atoms with Gasteiger partial charge in [-0.05, 0) is 29.7 Å². The fraction of sp³-hybridized carbons (Fsp3) is 0.0800. The quantitative estimate of drug-likeness (QED) is 0.312. The highest BCUT2D eigenvalue weighted by atomic mass is 35.5. The first-order valence-corrected chi connectivity index (χ1v) is 11.1. The standard InChI is InChI=1S/C25H18ClN5O5/c26-16-8-9-22(19(10-16)23-11-21(25(33)34)29-36-23)35-14-17-12-31(30-28-17)13-24(32)27-20-7-3-5-15-4-1-2-6-18(15)20/h1-12H,13-14H2,(H,27,32)(H,33,34). The zero-order valence-electron chi connectivity index (χ0n) is 18.6. The SMILES string of the molecule is O=C(Cn1cc(COc2ccc(Cl)cc2-c2cc(C(=O)O)no2)nn1)Nc1cccc2ccccc12. The average molecular weight is 504 g/mol. The number of ether oxygens (including phenoxy) is 1. The van der Waals surface area contributed by atoms with Gasteiger partial charge in [-0.15, -0.1) is 5.10 Å². The summed E-state index contributed by atoms with van der Waals surface area (Å²) in [6.07, 6.45) is 1.61. The number of hydrogen-bond acceptors (Lipinski definition) is 7. The molecule has 0 fully saturated rings. The first kappa shape index (κ1) is 23.1. The second-order valence-electron chi connectivity index (χ2n) is 7.79.